The fourth-order valence-electron chi connectivity index (χ4n) is 1.71. The van der Waals surface area contributed by atoms with Gasteiger partial charge in [-0.05, 0) is 44.5 Å². The average Bonchev–Trinajstić information content (AvgIpc) is 2.35. The highest BCUT2D eigenvalue weighted by atomic mass is 16.5. The molecular formula is C15H25NO2. The van der Waals surface area contributed by atoms with Crippen molar-refractivity contribution in [2.45, 2.75) is 46.3 Å². The molecule has 0 bridgehead atoms. The van der Waals surface area contributed by atoms with Crippen molar-refractivity contribution in [3.8, 4) is 11.5 Å². The van der Waals surface area contributed by atoms with Gasteiger partial charge in [0.15, 0.2) is 11.5 Å². The van der Waals surface area contributed by atoms with E-state index in [1.807, 2.05) is 26.0 Å². The van der Waals surface area contributed by atoms with E-state index in [9.17, 15) is 0 Å². The van der Waals surface area contributed by atoms with Gasteiger partial charge in [-0.25, -0.2) is 0 Å². The van der Waals surface area contributed by atoms with Crippen LogP contribution in [0.4, 0.5) is 0 Å². The Morgan fingerprint density at radius 3 is 2.61 bits per heavy atom. The second kappa shape index (κ2) is 7.98. The maximum absolute atomic E-state index is 5.69. The standard InChI is InChI=1S/C15H25NO2/c1-5-6-9-16-11-13-7-8-14(18-12(2)3)15(10-13)17-4/h7-8,10,12,16H,5-6,9,11H2,1-4H3. The van der Waals surface area contributed by atoms with Gasteiger partial charge in [-0.3, -0.25) is 0 Å². The summed E-state index contributed by atoms with van der Waals surface area (Å²) in [6.45, 7) is 8.16. The van der Waals surface area contributed by atoms with Crippen molar-refractivity contribution in [1.82, 2.24) is 5.32 Å². The number of hydrogen-bond acceptors (Lipinski definition) is 3. The second-order valence-electron chi connectivity index (χ2n) is 4.68. The summed E-state index contributed by atoms with van der Waals surface area (Å²) in [5, 5.41) is 3.42. The molecule has 0 aliphatic rings. The largest absolute Gasteiger partial charge is 0.493 e. The average molecular weight is 251 g/mol. The molecule has 102 valence electrons. The zero-order valence-corrected chi connectivity index (χ0v) is 12.0. The first-order valence-electron chi connectivity index (χ1n) is 6.71. The van der Waals surface area contributed by atoms with Crippen LogP contribution in [0.15, 0.2) is 18.2 Å². The van der Waals surface area contributed by atoms with Gasteiger partial charge in [-0.15, -0.1) is 0 Å². The van der Waals surface area contributed by atoms with E-state index in [2.05, 4.69) is 18.3 Å². The van der Waals surface area contributed by atoms with Crippen molar-refractivity contribution in [3.63, 3.8) is 0 Å². The van der Waals surface area contributed by atoms with E-state index in [1.165, 1.54) is 18.4 Å². The molecule has 0 amide bonds. The lowest BCUT2D eigenvalue weighted by atomic mass is 10.2. The molecule has 18 heavy (non-hydrogen) atoms. The molecule has 0 saturated heterocycles. The van der Waals surface area contributed by atoms with Crippen LogP contribution in [0.2, 0.25) is 0 Å². The van der Waals surface area contributed by atoms with E-state index >= 15 is 0 Å². The highest BCUT2D eigenvalue weighted by Gasteiger charge is 2.07. The Bertz CT molecular complexity index is 350. The van der Waals surface area contributed by atoms with E-state index in [-0.39, 0.29) is 6.10 Å². The maximum Gasteiger partial charge on any atom is 0.161 e. The number of hydrogen-bond donors (Lipinski definition) is 1. The number of methoxy groups -OCH3 is 1. The Balaban J connectivity index is 2.60. The minimum Gasteiger partial charge on any atom is -0.493 e. The van der Waals surface area contributed by atoms with E-state index in [4.69, 9.17) is 9.47 Å². The molecule has 0 radical (unpaired) electrons. The highest BCUT2D eigenvalue weighted by molar-refractivity contribution is 5.43. The van der Waals surface area contributed by atoms with Gasteiger partial charge in [0.25, 0.3) is 0 Å². The van der Waals surface area contributed by atoms with Gasteiger partial charge in [0, 0.05) is 6.54 Å². The molecule has 3 heteroatoms. The van der Waals surface area contributed by atoms with Crippen LogP contribution in [0, 0.1) is 0 Å². The molecule has 0 atom stereocenters. The predicted molar refractivity (Wildman–Crippen MR) is 75.4 cm³/mol. The molecule has 0 heterocycles. The van der Waals surface area contributed by atoms with Crippen molar-refractivity contribution >= 4 is 0 Å². The van der Waals surface area contributed by atoms with Gasteiger partial charge in [-0.1, -0.05) is 19.4 Å². The first-order chi connectivity index (χ1) is 8.67. The van der Waals surface area contributed by atoms with Crippen LogP contribution in [-0.2, 0) is 6.54 Å². The van der Waals surface area contributed by atoms with Crippen molar-refractivity contribution in [1.29, 1.82) is 0 Å². The lowest BCUT2D eigenvalue weighted by molar-refractivity contribution is 0.230. The molecule has 0 spiro atoms. The summed E-state index contributed by atoms with van der Waals surface area (Å²) in [4.78, 5) is 0. The number of ether oxygens (including phenoxy) is 2. The van der Waals surface area contributed by atoms with E-state index in [0.717, 1.165) is 24.6 Å². The third kappa shape index (κ3) is 4.96. The molecule has 0 aliphatic heterocycles. The van der Waals surface area contributed by atoms with Gasteiger partial charge in [0.1, 0.15) is 0 Å². The molecule has 1 aromatic carbocycles. The van der Waals surface area contributed by atoms with E-state index in [0.29, 0.717) is 0 Å². The van der Waals surface area contributed by atoms with Gasteiger partial charge in [0.2, 0.25) is 0 Å². The van der Waals surface area contributed by atoms with Crippen LogP contribution in [0.1, 0.15) is 39.2 Å². The van der Waals surface area contributed by atoms with Crippen LogP contribution >= 0.6 is 0 Å². The molecular weight excluding hydrogens is 226 g/mol. The molecule has 0 aromatic heterocycles. The summed E-state index contributed by atoms with van der Waals surface area (Å²) in [5.74, 6) is 1.61. The minimum absolute atomic E-state index is 0.160. The topological polar surface area (TPSA) is 30.5 Å². The Morgan fingerprint density at radius 1 is 1.22 bits per heavy atom. The van der Waals surface area contributed by atoms with Crippen LogP contribution < -0.4 is 14.8 Å². The van der Waals surface area contributed by atoms with E-state index < -0.39 is 0 Å². The van der Waals surface area contributed by atoms with Crippen molar-refractivity contribution in [3.05, 3.63) is 23.8 Å². The van der Waals surface area contributed by atoms with Gasteiger partial charge < -0.3 is 14.8 Å². The summed E-state index contributed by atoms with van der Waals surface area (Å²) in [6.07, 6.45) is 2.59. The first-order valence-corrected chi connectivity index (χ1v) is 6.71. The van der Waals surface area contributed by atoms with E-state index in [1.54, 1.807) is 7.11 Å². The maximum atomic E-state index is 5.69. The van der Waals surface area contributed by atoms with Crippen LogP contribution in [-0.4, -0.2) is 19.8 Å². The second-order valence-corrected chi connectivity index (χ2v) is 4.68. The lowest BCUT2D eigenvalue weighted by Gasteiger charge is -2.14. The number of benzene rings is 1. The fourth-order valence-corrected chi connectivity index (χ4v) is 1.71. The summed E-state index contributed by atoms with van der Waals surface area (Å²) >= 11 is 0. The van der Waals surface area contributed by atoms with Crippen molar-refractivity contribution in [2.24, 2.45) is 0 Å². The molecule has 1 aromatic rings. The number of nitrogens with one attached hydrogen (secondary N) is 1. The van der Waals surface area contributed by atoms with Crippen LogP contribution in [0.3, 0.4) is 0 Å². The number of unbranched alkanes of at least 4 members (excludes halogenated alkanes) is 1. The molecule has 3 nitrogen and oxygen atoms in total. The highest BCUT2D eigenvalue weighted by Crippen LogP contribution is 2.28. The Morgan fingerprint density at radius 2 is 2.00 bits per heavy atom. The van der Waals surface area contributed by atoms with Gasteiger partial charge in [-0.2, -0.15) is 0 Å². The SMILES string of the molecule is CCCCNCc1ccc(OC(C)C)c(OC)c1. The quantitative estimate of drug-likeness (QED) is 0.719. The Kier molecular flexibility index (Phi) is 6.58. The van der Waals surface area contributed by atoms with Crippen molar-refractivity contribution in [2.75, 3.05) is 13.7 Å². The normalized spacial score (nSPS) is 10.7. The summed E-state index contributed by atoms with van der Waals surface area (Å²) in [5.41, 5.74) is 1.22. The van der Waals surface area contributed by atoms with Gasteiger partial charge >= 0.3 is 0 Å². The molecule has 1 rings (SSSR count). The zero-order chi connectivity index (χ0) is 13.4. The molecule has 0 saturated carbocycles. The molecule has 0 unspecified atom stereocenters. The zero-order valence-electron chi connectivity index (χ0n) is 12.0. The summed E-state index contributed by atoms with van der Waals surface area (Å²) < 4.78 is 11.1. The third-order valence-electron chi connectivity index (χ3n) is 2.63. The fraction of sp³-hybridized carbons (Fsp3) is 0.600. The predicted octanol–water partition coefficient (Wildman–Crippen LogP) is 3.37. The summed E-state index contributed by atoms with van der Waals surface area (Å²) in [6, 6.07) is 6.10. The Hall–Kier alpha value is -1.22. The smallest absolute Gasteiger partial charge is 0.161 e. The lowest BCUT2D eigenvalue weighted by Crippen LogP contribution is -2.14. The minimum atomic E-state index is 0.160. The molecule has 1 N–H and O–H groups in total. The molecule has 0 aliphatic carbocycles. The molecule has 0 fully saturated rings. The van der Waals surface area contributed by atoms with Crippen molar-refractivity contribution < 1.29 is 9.47 Å². The van der Waals surface area contributed by atoms with Crippen LogP contribution in [0.5, 0.6) is 11.5 Å². The monoisotopic (exact) mass is 251 g/mol. The van der Waals surface area contributed by atoms with Gasteiger partial charge in [0.05, 0.1) is 13.2 Å². The third-order valence-corrected chi connectivity index (χ3v) is 2.63. The van der Waals surface area contributed by atoms with Crippen LogP contribution in [0.25, 0.3) is 0 Å². The number of rotatable bonds is 8. The summed E-state index contributed by atoms with van der Waals surface area (Å²) in [7, 11) is 1.68. The first kappa shape index (κ1) is 14.8. The Labute approximate surface area is 110 Å².